The molecule has 0 fully saturated rings. The minimum atomic E-state index is -0.961. The Morgan fingerprint density at radius 1 is 1.19 bits per heavy atom. The number of rotatable bonds is 5. The lowest BCUT2D eigenvalue weighted by atomic mass is 10.1. The van der Waals surface area contributed by atoms with Crippen molar-refractivity contribution in [2.75, 3.05) is 5.32 Å². The second-order valence-corrected chi connectivity index (χ2v) is 6.01. The number of carbonyl (C=O) groups excluding carboxylic acids is 1. The molecule has 0 aliphatic rings. The van der Waals surface area contributed by atoms with E-state index >= 15 is 0 Å². The number of amides is 1. The number of benzene rings is 1. The third kappa shape index (κ3) is 4.16. The molecular formula is C16H17NO3S. The summed E-state index contributed by atoms with van der Waals surface area (Å²) in [6, 6.07) is 9.77. The van der Waals surface area contributed by atoms with E-state index in [1.807, 2.05) is 31.2 Å². The monoisotopic (exact) mass is 303 g/mol. The highest BCUT2D eigenvalue weighted by Crippen LogP contribution is 2.26. The first-order valence-electron chi connectivity index (χ1n) is 6.65. The van der Waals surface area contributed by atoms with E-state index in [0.29, 0.717) is 23.4 Å². The smallest absolute Gasteiger partial charge is 0.346 e. The van der Waals surface area contributed by atoms with Crippen LogP contribution in [0.3, 0.4) is 0 Å². The van der Waals surface area contributed by atoms with Crippen LogP contribution in [-0.2, 0) is 11.2 Å². The van der Waals surface area contributed by atoms with Crippen molar-refractivity contribution in [3.8, 4) is 0 Å². The number of aromatic carboxylic acids is 1. The Balaban J connectivity index is 1.91. The molecule has 0 spiro atoms. The van der Waals surface area contributed by atoms with Crippen LogP contribution in [-0.4, -0.2) is 17.0 Å². The maximum Gasteiger partial charge on any atom is 0.346 e. The number of hydrogen-bond acceptors (Lipinski definition) is 3. The van der Waals surface area contributed by atoms with Crippen molar-refractivity contribution in [2.24, 2.45) is 0 Å². The summed E-state index contributed by atoms with van der Waals surface area (Å²) >= 11 is 1.09. The lowest BCUT2D eigenvalue weighted by Gasteiger charge is -2.03. The predicted molar refractivity (Wildman–Crippen MR) is 84.1 cm³/mol. The molecule has 0 aliphatic carbocycles. The number of thiophene rings is 1. The fourth-order valence-corrected chi connectivity index (χ4v) is 2.90. The second kappa shape index (κ2) is 6.54. The van der Waals surface area contributed by atoms with Crippen molar-refractivity contribution in [2.45, 2.75) is 26.7 Å². The Morgan fingerprint density at radius 3 is 2.43 bits per heavy atom. The van der Waals surface area contributed by atoms with Gasteiger partial charge in [0.25, 0.3) is 0 Å². The van der Waals surface area contributed by atoms with E-state index in [2.05, 4.69) is 5.32 Å². The summed E-state index contributed by atoms with van der Waals surface area (Å²) in [5.41, 5.74) is 2.98. The van der Waals surface area contributed by atoms with Crippen LogP contribution >= 0.6 is 11.3 Å². The van der Waals surface area contributed by atoms with Gasteiger partial charge in [0.1, 0.15) is 4.88 Å². The van der Waals surface area contributed by atoms with Crippen LogP contribution in [0.15, 0.2) is 30.3 Å². The summed E-state index contributed by atoms with van der Waals surface area (Å²) in [5.74, 6) is -1.06. The van der Waals surface area contributed by atoms with Crippen LogP contribution in [0.4, 0.5) is 5.00 Å². The van der Waals surface area contributed by atoms with E-state index < -0.39 is 5.97 Å². The average molecular weight is 303 g/mol. The fraction of sp³-hybridized carbons (Fsp3) is 0.250. The molecule has 1 aromatic carbocycles. The van der Waals surface area contributed by atoms with Crippen molar-refractivity contribution in [3.63, 3.8) is 0 Å². The van der Waals surface area contributed by atoms with Gasteiger partial charge in [0.15, 0.2) is 0 Å². The molecule has 0 radical (unpaired) electrons. The van der Waals surface area contributed by atoms with Crippen LogP contribution in [0.5, 0.6) is 0 Å². The lowest BCUT2D eigenvalue weighted by Crippen LogP contribution is -2.11. The number of carboxylic acid groups (broad SMARTS) is 1. The maximum absolute atomic E-state index is 11.9. The van der Waals surface area contributed by atoms with Gasteiger partial charge in [-0.25, -0.2) is 4.79 Å². The number of aryl methyl sites for hydroxylation is 3. The highest BCUT2D eigenvalue weighted by atomic mass is 32.1. The maximum atomic E-state index is 11.9. The van der Waals surface area contributed by atoms with E-state index in [-0.39, 0.29) is 10.8 Å². The number of anilines is 1. The van der Waals surface area contributed by atoms with Crippen LogP contribution < -0.4 is 5.32 Å². The Bertz CT molecular complexity index is 659. The number of carboxylic acids is 1. The standard InChI is InChI=1S/C16H17NO3S/c1-10-3-5-12(6-4-10)7-8-13(18)17-14-9-11(2)15(21-14)16(19)20/h3-6,9H,7-8H2,1-2H3,(H,17,18)(H,19,20). The molecule has 0 aliphatic heterocycles. The van der Waals surface area contributed by atoms with Crippen molar-refractivity contribution >= 4 is 28.2 Å². The number of carbonyl (C=O) groups is 2. The Morgan fingerprint density at radius 2 is 1.86 bits per heavy atom. The zero-order valence-electron chi connectivity index (χ0n) is 12.0. The molecule has 1 heterocycles. The second-order valence-electron chi connectivity index (χ2n) is 4.96. The van der Waals surface area contributed by atoms with E-state index in [4.69, 9.17) is 5.11 Å². The van der Waals surface area contributed by atoms with Gasteiger partial charge < -0.3 is 10.4 Å². The molecule has 2 N–H and O–H groups in total. The molecule has 0 atom stereocenters. The summed E-state index contributed by atoms with van der Waals surface area (Å²) in [6.07, 6.45) is 1.05. The van der Waals surface area contributed by atoms with Gasteiger partial charge in [-0.05, 0) is 37.5 Å². The normalized spacial score (nSPS) is 10.4. The van der Waals surface area contributed by atoms with Gasteiger partial charge in [0, 0.05) is 6.42 Å². The van der Waals surface area contributed by atoms with Crippen molar-refractivity contribution < 1.29 is 14.7 Å². The van der Waals surface area contributed by atoms with Gasteiger partial charge in [-0.1, -0.05) is 29.8 Å². The molecule has 1 aromatic heterocycles. The molecule has 2 aromatic rings. The lowest BCUT2D eigenvalue weighted by molar-refractivity contribution is -0.116. The largest absolute Gasteiger partial charge is 0.477 e. The predicted octanol–water partition coefficient (Wildman–Crippen LogP) is 3.63. The molecule has 21 heavy (non-hydrogen) atoms. The highest BCUT2D eigenvalue weighted by Gasteiger charge is 2.13. The third-order valence-corrected chi connectivity index (χ3v) is 4.28. The summed E-state index contributed by atoms with van der Waals surface area (Å²) in [7, 11) is 0. The number of nitrogens with one attached hydrogen (secondary N) is 1. The summed E-state index contributed by atoms with van der Waals surface area (Å²) in [4.78, 5) is 23.1. The van der Waals surface area contributed by atoms with Crippen LogP contribution in [0.1, 0.15) is 32.8 Å². The zero-order valence-corrected chi connectivity index (χ0v) is 12.8. The van der Waals surface area contributed by atoms with Gasteiger partial charge in [-0.3, -0.25) is 4.79 Å². The van der Waals surface area contributed by atoms with Crippen molar-refractivity contribution in [1.82, 2.24) is 0 Å². The third-order valence-electron chi connectivity index (χ3n) is 3.14. The Kier molecular flexibility index (Phi) is 4.75. The zero-order chi connectivity index (χ0) is 15.4. The van der Waals surface area contributed by atoms with E-state index in [1.165, 1.54) is 5.56 Å². The minimum Gasteiger partial charge on any atom is -0.477 e. The minimum absolute atomic E-state index is 0.103. The van der Waals surface area contributed by atoms with E-state index in [1.54, 1.807) is 13.0 Å². The molecule has 0 saturated carbocycles. The highest BCUT2D eigenvalue weighted by molar-refractivity contribution is 7.18. The SMILES string of the molecule is Cc1ccc(CCC(=O)Nc2cc(C)c(C(=O)O)s2)cc1. The van der Waals surface area contributed by atoms with E-state index in [0.717, 1.165) is 16.9 Å². The van der Waals surface area contributed by atoms with Gasteiger partial charge >= 0.3 is 5.97 Å². The summed E-state index contributed by atoms with van der Waals surface area (Å²) in [5, 5.41) is 12.3. The van der Waals surface area contributed by atoms with Crippen LogP contribution in [0.25, 0.3) is 0 Å². The molecular weight excluding hydrogens is 286 g/mol. The first-order chi connectivity index (χ1) is 9.95. The molecule has 110 valence electrons. The fourth-order valence-electron chi connectivity index (χ4n) is 1.97. The van der Waals surface area contributed by atoms with Gasteiger partial charge in [-0.15, -0.1) is 11.3 Å². The summed E-state index contributed by atoms with van der Waals surface area (Å²) in [6.45, 7) is 3.75. The molecule has 0 saturated heterocycles. The first kappa shape index (κ1) is 15.3. The molecule has 0 bridgehead atoms. The molecule has 1 amide bonds. The van der Waals surface area contributed by atoms with Gasteiger partial charge in [0.2, 0.25) is 5.91 Å². The summed E-state index contributed by atoms with van der Waals surface area (Å²) < 4.78 is 0. The quantitative estimate of drug-likeness (QED) is 0.886. The first-order valence-corrected chi connectivity index (χ1v) is 7.46. The van der Waals surface area contributed by atoms with Crippen LogP contribution in [0, 0.1) is 13.8 Å². The van der Waals surface area contributed by atoms with E-state index in [9.17, 15) is 9.59 Å². The van der Waals surface area contributed by atoms with Crippen molar-refractivity contribution in [3.05, 3.63) is 51.9 Å². The topological polar surface area (TPSA) is 66.4 Å². The number of hydrogen-bond donors (Lipinski definition) is 2. The molecule has 5 heteroatoms. The van der Waals surface area contributed by atoms with Gasteiger partial charge in [-0.2, -0.15) is 0 Å². The molecule has 4 nitrogen and oxygen atoms in total. The van der Waals surface area contributed by atoms with Crippen LogP contribution in [0.2, 0.25) is 0 Å². The van der Waals surface area contributed by atoms with Gasteiger partial charge in [0.05, 0.1) is 5.00 Å². The average Bonchev–Trinajstić information content (AvgIpc) is 2.79. The Labute approximate surface area is 127 Å². The molecule has 2 rings (SSSR count). The van der Waals surface area contributed by atoms with Crippen molar-refractivity contribution in [1.29, 1.82) is 0 Å². The Hall–Kier alpha value is -2.14. The molecule has 0 unspecified atom stereocenters.